The van der Waals surface area contributed by atoms with E-state index in [4.69, 9.17) is 0 Å². The lowest BCUT2D eigenvalue weighted by Crippen LogP contribution is -2.44. The van der Waals surface area contributed by atoms with E-state index < -0.39 is 16.0 Å². The first-order valence-corrected chi connectivity index (χ1v) is 10.3. The highest BCUT2D eigenvalue weighted by molar-refractivity contribution is 7.89. The second-order valence-corrected chi connectivity index (χ2v) is 8.41. The Hall–Kier alpha value is -1.56. The molecule has 0 atom stereocenters. The lowest BCUT2D eigenvalue weighted by atomic mass is 10.1. The molecule has 0 amide bonds. The molecule has 1 fully saturated rings. The van der Waals surface area contributed by atoms with Gasteiger partial charge in [-0.25, -0.2) is 17.9 Å². The molecular formula is C13H16N4O4S3. The van der Waals surface area contributed by atoms with Gasteiger partial charge in [-0.3, -0.25) is 0 Å². The van der Waals surface area contributed by atoms with Gasteiger partial charge in [0.25, 0.3) is 0 Å². The molecule has 24 heavy (non-hydrogen) atoms. The third-order valence-electron chi connectivity index (χ3n) is 3.78. The first-order valence-electron chi connectivity index (χ1n) is 7.22. The van der Waals surface area contributed by atoms with Crippen molar-refractivity contribution in [3.05, 3.63) is 22.5 Å². The molecular weight excluding hydrogens is 372 g/mol. The zero-order chi connectivity index (χ0) is 17.2. The Morgan fingerprint density at radius 3 is 2.79 bits per heavy atom. The maximum Gasteiger partial charge on any atom is 0.349 e. The molecule has 0 radical (unpaired) electrons. The number of nitrogens with zero attached hydrogens (tertiary/aromatic N) is 3. The zero-order valence-electron chi connectivity index (χ0n) is 12.8. The van der Waals surface area contributed by atoms with Crippen LogP contribution in [0.1, 0.15) is 22.5 Å². The van der Waals surface area contributed by atoms with Crippen LogP contribution in [0.25, 0.3) is 0 Å². The molecule has 1 saturated heterocycles. The fourth-order valence-electron chi connectivity index (χ4n) is 2.56. The summed E-state index contributed by atoms with van der Waals surface area (Å²) < 4.78 is 40.6. The van der Waals surface area contributed by atoms with Crippen LogP contribution in [0.5, 0.6) is 0 Å². The number of ether oxygens (including phenoxy) is 1. The maximum absolute atomic E-state index is 12.6. The van der Waals surface area contributed by atoms with E-state index in [9.17, 15) is 13.2 Å². The average Bonchev–Trinajstić information content (AvgIpc) is 3.26. The lowest BCUT2D eigenvalue weighted by molar-refractivity contribution is 0.0602. The van der Waals surface area contributed by atoms with Gasteiger partial charge in [0.15, 0.2) is 5.82 Å². The number of carbonyl (C=O) groups excluding carboxylic acids is 1. The van der Waals surface area contributed by atoms with E-state index >= 15 is 0 Å². The molecule has 2 aromatic rings. The summed E-state index contributed by atoms with van der Waals surface area (Å²) in [6.45, 7) is 1.40. The summed E-state index contributed by atoms with van der Waals surface area (Å²) in [5.41, 5.74) is 0. The Kier molecular flexibility index (Phi) is 5.13. The summed E-state index contributed by atoms with van der Waals surface area (Å²) in [5, 5.41) is 1.57. The Morgan fingerprint density at radius 2 is 2.17 bits per heavy atom. The summed E-state index contributed by atoms with van der Waals surface area (Å²) in [5.74, 6) is 0.184. The standard InChI is InChI=1S/C13H16N4O4S3/c1-21-13(18)12-10(4-7-22-12)24(19,20)16-9-2-5-17(6-3-9)11-8-14-23-15-11/h4,7-9,16H,2-3,5-6H2,1H3. The molecule has 0 spiro atoms. The van der Waals surface area contributed by atoms with E-state index in [1.54, 1.807) is 11.6 Å². The number of esters is 1. The highest BCUT2D eigenvalue weighted by Crippen LogP contribution is 2.24. The van der Waals surface area contributed by atoms with Crippen LogP contribution in [0.4, 0.5) is 5.82 Å². The van der Waals surface area contributed by atoms with Gasteiger partial charge in [0.1, 0.15) is 9.77 Å². The maximum atomic E-state index is 12.6. The van der Waals surface area contributed by atoms with Gasteiger partial charge < -0.3 is 9.64 Å². The van der Waals surface area contributed by atoms with Crippen molar-refractivity contribution in [2.24, 2.45) is 0 Å². The number of anilines is 1. The van der Waals surface area contributed by atoms with Crippen molar-refractivity contribution >= 4 is 44.9 Å². The van der Waals surface area contributed by atoms with E-state index in [-0.39, 0.29) is 15.8 Å². The van der Waals surface area contributed by atoms with E-state index in [0.29, 0.717) is 25.9 Å². The number of sulfonamides is 1. The van der Waals surface area contributed by atoms with Crippen LogP contribution < -0.4 is 9.62 Å². The molecule has 0 saturated carbocycles. The van der Waals surface area contributed by atoms with Crippen molar-refractivity contribution < 1.29 is 17.9 Å². The minimum absolute atomic E-state index is 0.0227. The number of carbonyl (C=O) groups is 1. The quantitative estimate of drug-likeness (QED) is 0.771. The van der Waals surface area contributed by atoms with Gasteiger partial charge >= 0.3 is 5.97 Å². The van der Waals surface area contributed by atoms with Gasteiger partial charge in [-0.1, -0.05) is 0 Å². The minimum Gasteiger partial charge on any atom is -0.465 e. The Morgan fingerprint density at radius 1 is 1.42 bits per heavy atom. The van der Waals surface area contributed by atoms with Crippen molar-refractivity contribution in [1.29, 1.82) is 0 Å². The first-order chi connectivity index (χ1) is 11.5. The molecule has 0 bridgehead atoms. The fraction of sp³-hybridized carbons (Fsp3) is 0.462. The summed E-state index contributed by atoms with van der Waals surface area (Å²) >= 11 is 2.21. The molecule has 0 aromatic carbocycles. The Balaban J connectivity index is 1.66. The molecule has 1 aliphatic heterocycles. The molecule has 1 N–H and O–H groups in total. The van der Waals surface area contributed by atoms with E-state index in [2.05, 4.69) is 23.1 Å². The SMILES string of the molecule is COC(=O)c1sccc1S(=O)(=O)NC1CCN(c2cnsn2)CC1. The molecule has 11 heteroatoms. The molecule has 3 heterocycles. The zero-order valence-corrected chi connectivity index (χ0v) is 15.3. The molecule has 3 rings (SSSR count). The monoisotopic (exact) mass is 388 g/mol. The number of methoxy groups -OCH3 is 1. The van der Waals surface area contributed by atoms with Gasteiger partial charge in [-0.2, -0.15) is 8.75 Å². The molecule has 2 aromatic heterocycles. The van der Waals surface area contributed by atoms with E-state index in [1.165, 1.54) is 13.2 Å². The van der Waals surface area contributed by atoms with Crippen molar-refractivity contribution in [1.82, 2.24) is 13.5 Å². The highest BCUT2D eigenvalue weighted by Gasteiger charge is 2.29. The number of rotatable bonds is 5. The second kappa shape index (κ2) is 7.13. The number of hydrogen-bond acceptors (Lipinski definition) is 9. The van der Waals surface area contributed by atoms with Crippen molar-refractivity contribution in [3.8, 4) is 0 Å². The Labute approximate surface area is 147 Å². The highest BCUT2D eigenvalue weighted by atomic mass is 32.2. The molecule has 130 valence electrons. The number of nitrogens with one attached hydrogen (secondary N) is 1. The normalized spacial score (nSPS) is 16.3. The van der Waals surface area contributed by atoms with E-state index in [0.717, 1.165) is 28.9 Å². The molecule has 1 aliphatic rings. The number of thiophene rings is 1. The van der Waals surface area contributed by atoms with Gasteiger partial charge in [-0.05, 0) is 24.3 Å². The van der Waals surface area contributed by atoms with E-state index in [1.807, 2.05) is 0 Å². The van der Waals surface area contributed by atoms with Crippen LogP contribution in [-0.4, -0.2) is 49.4 Å². The number of aromatic nitrogens is 2. The largest absolute Gasteiger partial charge is 0.465 e. The molecule has 0 unspecified atom stereocenters. The first kappa shape index (κ1) is 17.3. The minimum atomic E-state index is -3.76. The topological polar surface area (TPSA) is 101 Å². The summed E-state index contributed by atoms with van der Waals surface area (Å²) in [7, 11) is -2.53. The summed E-state index contributed by atoms with van der Waals surface area (Å²) in [4.78, 5) is 13.8. The van der Waals surface area contributed by atoms with Crippen molar-refractivity contribution in [2.75, 3.05) is 25.1 Å². The van der Waals surface area contributed by atoms with Crippen molar-refractivity contribution in [2.45, 2.75) is 23.8 Å². The lowest BCUT2D eigenvalue weighted by Gasteiger charge is -2.31. The van der Waals surface area contributed by atoms with Crippen LogP contribution >= 0.6 is 23.1 Å². The van der Waals surface area contributed by atoms with Gasteiger partial charge in [0, 0.05) is 19.1 Å². The molecule has 0 aliphatic carbocycles. The summed E-state index contributed by atoms with van der Waals surface area (Å²) in [6.07, 6.45) is 3.03. The van der Waals surface area contributed by atoms with Crippen LogP contribution in [0.15, 0.2) is 22.5 Å². The van der Waals surface area contributed by atoms with Crippen LogP contribution in [0.2, 0.25) is 0 Å². The second-order valence-electron chi connectivity index (χ2n) is 5.25. The van der Waals surface area contributed by atoms with Gasteiger partial charge in [0.2, 0.25) is 10.0 Å². The number of piperidine rings is 1. The van der Waals surface area contributed by atoms with Crippen molar-refractivity contribution in [3.63, 3.8) is 0 Å². The smallest absolute Gasteiger partial charge is 0.349 e. The van der Waals surface area contributed by atoms with Crippen LogP contribution in [-0.2, 0) is 14.8 Å². The van der Waals surface area contributed by atoms with Crippen LogP contribution in [0.3, 0.4) is 0 Å². The van der Waals surface area contributed by atoms with Crippen LogP contribution in [0, 0.1) is 0 Å². The fourth-order valence-corrected chi connectivity index (χ4v) is 5.63. The third kappa shape index (κ3) is 3.58. The van der Waals surface area contributed by atoms with Gasteiger partial charge in [-0.15, -0.1) is 11.3 Å². The third-order valence-corrected chi connectivity index (χ3v) is 6.83. The predicted octanol–water partition coefficient (Wildman–Crippen LogP) is 1.33. The number of hydrogen-bond donors (Lipinski definition) is 1. The summed E-state index contributed by atoms with van der Waals surface area (Å²) in [6, 6.07) is 1.25. The molecule has 8 nitrogen and oxygen atoms in total. The average molecular weight is 388 g/mol. The van der Waals surface area contributed by atoms with Gasteiger partial charge in [0.05, 0.1) is 25.0 Å². The Bertz CT molecular complexity index is 795. The predicted molar refractivity (Wildman–Crippen MR) is 91.1 cm³/mol.